The molecule has 9 aromatic rings. The van der Waals surface area contributed by atoms with Crippen LogP contribution in [0.1, 0.15) is 33.4 Å². The van der Waals surface area contributed by atoms with Gasteiger partial charge in [0.05, 0.1) is 25.1 Å². The van der Waals surface area contributed by atoms with Crippen LogP contribution in [-0.2, 0) is 11.8 Å². The van der Waals surface area contributed by atoms with Gasteiger partial charge in [-0.3, -0.25) is 4.79 Å². The SMILES string of the molecule is Brc1ccc2c(c1)C1(c3ccccc3Oc3ccccc31)c1cccc(Br)c1O2.Brc1ccc2c(c1)Cc1cccc(Br)c1O2.O=c1c2ccccc2oc2ccccc12. The Morgan fingerprint density at radius 1 is 0.417 bits per heavy atom. The summed E-state index contributed by atoms with van der Waals surface area (Å²) >= 11 is 14.4. The molecule has 0 fully saturated rings. The highest BCUT2D eigenvalue weighted by molar-refractivity contribution is 9.11. The van der Waals surface area contributed by atoms with Crippen molar-refractivity contribution < 1.29 is 18.6 Å². The largest absolute Gasteiger partial charge is 0.457 e. The van der Waals surface area contributed by atoms with Crippen LogP contribution in [-0.4, -0.2) is 0 Å². The van der Waals surface area contributed by atoms with Gasteiger partial charge in [0.25, 0.3) is 0 Å². The van der Waals surface area contributed by atoms with E-state index in [1.165, 1.54) is 11.1 Å². The Balaban J connectivity index is 0.000000118. The topological polar surface area (TPSA) is 57.9 Å². The van der Waals surface area contributed by atoms with Crippen LogP contribution in [0, 0.1) is 0 Å². The number of rotatable bonds is 0. The second kappa shape index (κ2) is 15.9. The normalized spacial score (nSPS) is 13.2. The van der Waals surface area contributed by atoms with Crippen molar-refractivity contribution in [1.29, 1.82) is 0 Å². The fraction of sp³-hybridized carbons (Fsp3) is 0.0392. The van der Waals surface area contributed by atoms with Crippen molar-refractivity contribution >= 4 is 85.7 Å². The molecular weight excluding hydrogens is 1010 g/mol. The van der Waals surface area contributed by atoms with Crippen molar-refractivity contribution in [3.05, 3.63) is 231 Å². The molecular formula is C51H30Br4O5. The van der Waals surface area contributed by atoms with Gasteiger partial charge >= 0.3 is 0 Å². The van der Waals surface area contributed by atoms with Crippen molar-refractivity contribution in [3.8, 4) is 34.5 Å². The van der Waals surface area contributed by atoms with Crippen LogP contribution in [0.15, 0.2) is 197 Å². The number of hydrogen-bond acceptors (Lipinski definition) is 5. The highest BCUT2D eigenvalue weighted by Crippen LogP contribution is 2.62. The van der Waals surface area contributed by atoms with Gasteiger partial charge in [0.15, 0.2) is 0 Å². The molecule has 292 valence electrons. The van der Waals surface area contributed by atoms with Gasteiger partial charge in [-0.05, 0) is 117 Å². The van der Waals surface area contributed by atoms with Gasteiger partial charge in [-0.15, -0.1) is 0 Å². The Bertz CT molecular complexity index is 3110. The van der Waals surface area contributed by atoms with E-state index in [1.807, 2.05) is 103 Å². The summed E-state index contributed by atoms with van der Waals surface area (Å²) in [5.41, 5.74) is 7.64. The van der Waals surface area contributed by atoms with Crippen molar-refractivity contribution in [2.45, 2.75) is 11.8 Å². The molecule has 0 atom stereocenters. The second-order valence-electron chi connectivity index (χ2n) is 14.4. The molecule has 60 heavy (non-hydrogen) atoms. The maximum absolute atomic E-state index is 12.0. The fourth-order valence-corrected chi connectivity index (χ4v) is 9.98. The summed E-state index contributed by atoms with van der Waals surface area (Å²) in [6.45, 7) is 0. The summed E-state index contributed by atoms with van der Waals surface area (Å²) in [5, 5.41) is 1.27. The number of benzene rings is 8. The highest BCUT2D eigenvalue weighted by atomic mass is 79.9. The second-order valence-corrected chi connectivity index (χ2v) is 17.9. The van der Waals surface area contributed by atoms with Gasteiger partial charge in [-0.25, -0.2) is 0 Å². The van der Waals surface area contributed by atoms with Gasteiger partial charge < -0.3 is 18.6 Å². The van der Waals surface area contributed by atoms with Crippen LogP contribution in [0.2, 0.25) is 0 Å². The maximum atomic E-state index is 12.0. The van der Waals surface area contributed by atoms with Crippen molar-refractivity contribution in [2.75, 3.05) is 0 Å². The molecule has 1 aromatic heterocycles. The summed E-state index contributed by atoms with van der Waals surface area (Å²) in [6, 6.07) is 55.9. The highest BCUT2D eigenvalue weighted by Gasteiger charge is 2.50. The Labute approximate surface area is 379 Å². The molecule has 0 amide bonds. The zero-order valence-electron chi connectivity index (χ0n) is 31.4. The molecule has 5 nitrogen and oxygen atoms in total. The third-order valence-electron chi connectivity index (χ3n) is 10.9. The average molecular weight is 1040 g/mol. The lowest BCUT2D eigenvalue weighted by Crippen LogP contribution is -2.36. The smallest absolute Gasteiger partial charge is 0.200 e. The van der Waals surface area contributed by atoms with Crippen LogP contribution in [0.5, 0.6) is 34.5 Å². The quantitative estimate of drug-likeness (QED) is 0.142. The summed E-state index contributed by atoms with van der Waals surface area (Å²) in [7, 11) is 0. The first-order chi connectivity index (χ1) is 29.3. The Kier molecular flexibility index (Phi) is 10.2. The van der Waals surface area contributed by atoms with E-state index in [9.17, 15) is 4.79 Å². The van der Waals surface area contributed by atoms with E-state index in [4.69, 9.17) is 18.6 Å². The summed E-state index contributed by atoms with van der Waals surface area (Å²) in [6.07, 6.45) is 0.920. The molecule has 0 saturated heterocycles. The first-order valence-electron chi connectivity index (χ1n) is 19.1. The standard InChI is InChI=1S/C25H14Br2O2.C13H8Br2O.C13H8O2/c26-15-12-13-23-19(14-15)25(18-8-5-9-20(27)24(18)29-23)16-6-1-3-10-21(16)28-22-11-4-2-7-17(22)25;14-10-4-5-12-9(7-10)6-8-2-1-3-11(15)13(8)16-12;14-13-9-5-1-3-7-11(9)15-12-8-4-2-6-10(12)13/h1-14H;1-5,7H,6H2;1-8H. The monoisotopic (exact) mass is 1040 g/mol. The van der Waals surface area contributed by atoms with Crippen LogP contribution in [0.4, 0.5) is 0 Å². The number of para-hydroxylation sites is 6. The average Bonchev–Trinajstić information content (AvgIpc) is 3.27. The summed E-state index contributed by atoms with van der Waals surface area (Å²) < 4.78 is 28.3. The third kappa shape index (κ3) is 6.68. The molecule has 4 heterocycles. The van der Waals surface area contributed by atoms with E-state index in [2.05, 4.69) is 118 Å². The minimum atomic E-state index is -0.540. The molecule has 12 rings (SSSR count). The first-order valence-corrected chi connectivity index (χ1v) is 22.2. The minimum absolute atomic E-state index is 0.0347. The molecule has 0 radical (unpaired) electrons. The van der Waals surface area contributed by atoms with Crippen molar-refractivity contribution in [1.82, 2.24) is 0 Å². The summed E-state index contributed by atoms with van der Waals surface area (Å²) in [4.78, 5) is 12.0. The molecule has 0 bridgehead atoms. The molecule has 0 aliphatic carbocycles. The minimum Gasteiger partial charge on any atom is -0.457 e. The lowest BCUT2D eigenvalue weighted by Gasteiger charge is -2.45. The van der Waals surface area contributed by atoms with E-state index < -0.39 is 5.41 Å². The number of hydrogen-bond donors (Lipinski definition) is 0. The van der Waals surface area contributed by atoms with E-state index in [-0.39, 0.29) is 5.43 Å². The number of fused-ring (bicyclic) bond motifs is 12. The van der Waals surface area contributed by atoms with Crippen molar-refractivity contribution in [3.63, 3.8) is 0 Å². The van der Waals surface area contributed by atoms with Gasteiger partial charge in [0, 0.05) is 48.7 Å². The first kappa shape index (κ1) is 38.7. The van der Waals surface area contributed by atoms with E-state index >= 15 is 0 Å². The van der Waals surface area contributed by atoms with Crippen LogP contribution in [0.25, 0.3) is 21.9 Å². The summed E-state index contributed by atoms with van der Waals surface area (Å²) in [5.74, 6) is 5.31. The fourth-order valence-electron chi connectivity index (χ4n) is 8.28. The van der Waals surface area contributed by atoms with E-state index in [0.29, 0.717) is 21.9 Å². The molecule has 8 aromatic carbocycles. The van der Waals surface area contributed by atoms with E-state index in [1.54, 1.807) is 12.1 Å². The zero-order valence-corrected chi connectivity index (χ0v) is 37.8. The molecule has 3 aliphatic heterocycles. The Morgan fingerprint density at radius 3 is 1.62 bits per heavy atom. The van der Waals surface area contributed by atoms with Crippen LogP contribution < -0.4 is 19.6 Å². The predicted octanol–water partition coefficient (Wildman–Crippen LogP) is 15.7. The van der Waals surface area contributed by atoms with Gasteiger partial charge in [0.1, 0.15) is 45.7 Å². The van der Waals surface area contributed by atoms with Crippen LogP contribution >= 0.6 is 63.7 Å². The number of ether oxygens (including phenoxy) is 3. The van der Waals surface area contributed by atoms with Crippen LogP contribution in [0.3, 0.4) is 0 Å². The molecule has 9 heteroatoms. The third-order valence-corrected chi connectivity index (χ3v) is 13.1. The van der Waals surface area contributed by atoms with E-state index in [0.717, 1.165) is 81.1 Å². The molecule has 0 unspecified atom stereocenters. The van der Waals surface area contributed by atoms with Gasteiger partial charge in [-0.2, -0.15) is 0 Å². The zero-order chi connectivity index (χ0) is 41.0. The Morgan fingerprint density at radius 2 is 0.933 bits per heavy atom. The number of halogens is 4. The predicted molar refractivity (Wildman–Crippen MR) is 251 cm³/mol. The van der Waals surface area contributed by atoms with Gasteiger partial charge in [0.2, 0.25) is 5.43 Å². The lowest BCUT2D eigenvalue weighted by molar-refractivity contribution is 0.398. The lowest BCUT2D eigenvalue weighted by atomic mass is 9.62. The molecule has 0 saturated carbocycles. The van der Waals surface area contributed by atoms with Crippen molar-refractivity contribution in [2.24, 2.45) is 0 Å². The molecule has 0 N–H and O–H groups in total. The Hall–Kier alpha value is -5.45. The van der Waals surface area contributed by atoms with Gasteiger partial charge in [-0.1, -0.05) is 117 Å². The maximum Gasteiger partial charge on any atom is 0.200 e. The molecule has 1 spiro atoms. The molecule has 3 aliphatic rings.